The fourth-order valence-electron chi connectivity index (χ4n) is 2.80. The Kier molecular flexibility index (Phi) is 6.19. The van der Waals surface area contributed by atoms with Gasteiger partial charge in [0, 0.05) is 34.3 Å². The third kappa shape index (κ3) is 4.25. The second-order valence-corrected chi connectivity index (χ2v) is 6.15. The Balaban J connectivity index is 2.01. The van der Waals surface area contributed by atoms with Gasteiger partial charge in [-0.1, -0.05) is 6.92 Å². The molecule has 3 amide bonds. The van der Waals surface area contributed by atoms with Gasteiger partial charge in [0.15, 0.2) is 0 Å². The van der Waals surface area contributed by atoms with Crippen molar-refractivity contribution in [3.63, 3.8) is 0 Å². The number of aromatic nitrogens is 2. The molecular formula is C16H27N5O3. The van der Waals surface area contributed by atoms with Crippen LogP contribution in [-0.4, -0.2) is 65.4 Å². The number of methoxy groups -OCH3 is 1. The molecule has 0 aromatic carbocycles. The number of nitrogens with zero attached hydrogens (tertiary/aromatic N) is 4. The maximum absolute atomic E-state index is 12.2. The fourth-order valence-corrected chi connectivity index (χ4v) is 2.80. The highest BCUT2D eigenvalue weighted by Gasteiger charge is 2.22. The highest BCUT2D eigenvalue weighted by Crippen LogP contribution is 2.15. The van der Waals surface area contributed by atoms with Crippen LogP contribution in [0.1, 0.15) is 31.2 Å². The number of ether oxygens (including phenoxy) is 1. The van der Waals surface area contributed by atoms with Gasteiger partial charge in [-0.3, -0.25) is 9.48 Å². The van der Waals surface area contributed by atoms with Crippen LogP contribution in [0.2, 0.25) is 0 Å². The molecule has 0 radical (unpaired) electrons. The molecule has 24 heavy (non-hydrogen) atoms. The number of carbonyl (C=O) groups excluding carboxylic acids is 2. The largest absolute Gasteiger partial charge is 0.372 e. The summed E-state index contributed by atoms with van der Waals surface area (Å²) < 4.78 is 7.05. The Morgan fingerprint density at radius 3 is 2.79 bits per heavy atom. The first-order valence-corrected chi connectivity index (χ1v) is 8.28. The van der Waals surface area contributed by atoms with E-state index in [0.29, 0.717) is 19.5 Å². The molecule has 0 bridgehead atoms. The minimum atomic E-state index is -0.432. The van der Waals surface area contributed by atoms with Crippen molar-refractivity contribution in [3.8, 4) is 0 Å². The van der Waals surface area contributed by atoms with Crippen molar-refractivity contribution in [1.29, 1.82) is 0 Å². The summed E-state index contributed by atoms with van der Waals surface area (Å²) >= 11 is 0. The summed E-state index contributed by atoms with van der Waals surface area (Å²) in [5.41, 5.74) is 1.79. The number of fused-ring (bicyclic) bond motifs is 1. The van der Waals surface area contributed by atoms with Crippen molar-refractivity contribution in [2.75, 3.05) is 27.7 Å². The van der Waals surface area contributed by atoms with Gasteiger partial charge in [0.05, 0.1) is 24.5 Å². The number of hydrogen-bond donors (Lipinski definition) is 1. The first-order chi connectivity index (χ1) is 11.5. The van der Waals surface area contributed by atoms with Crippen LogP contribution in [0.4, 0.5) is 4.79 Å². The van der Waals surface area contributed by atoms with Crippen molar-refractivity contribution in [2.45, 2.75) is 45.5 Å². The number of amides is 3. The highest BCUT2D eigenvalue weighted by atomic mass is 16.5. The number of urea groups is 1. The van der Waals surface area contributed by atoms with Crippen LogP contribution in [0.5, 0.6) is 0 Å². The molecular weight excluding hydrogens is 310 g/mol. The van der Waals surface area contributed by atoms with Crippen molar-refractivity contribution < 1.29 is 14.3 Å². The van der Waals surface area contributed by atoms with E-state index in [-0.39, 0.29) is 11.9 Å². The fraction of sp³-hybridized carbons (Fsp3) is 0.688. The summed E-state index contributed by atoms with van der Waals surface area (Å²) in [5, 5.41) is 7.39. The quantitative estimate of drug-likeness (QED) is 0.862. The van der Waals surface area contributed by atoms with E-state index in [0.717, 1.165) is 30.9 Å². The van der Waals surface area contributed by atoms with E-state index < -0.39 is 6.10 Å². The topological polar surface area (TPSA) is 79.7 Å². The number of rotatable bonds is 5. The van der Waals surface area contributed by atoms with Crippen LogP contribution in [0.3, 0.4) is 0 Å². The molecule has 0 spiro atoms. The van der Waals surface area contributed by atoms with Gasteiger partial charge >= 0.3 is 6.03 Å². The second-order valence-electron chi connectivity index (χ2n) is 6.15. The molecule has 0 unspecified atom stereocenters. The van der Waals surface area contributed by atoms with E-state index in [1.54, 1.807) is 19.0 Å². The van der Waals surface area contributed by atoms with E-state index in [1.165, 1.54) is 7.11 Å². The third-order valence-corrected chi connectivity index (χ3v) is 4.11. The normalized spacial score (nSPS) is 15.4. The smallest absolute Gasteiger partial charge is 0.319 e. The van der Waals surface area contributed by atoms with Gasteiger partial charge in [-0.25, -0.2) is 4.79 Å². The third-order valence-electron chi connectivity index (χ3n) is 4.11. The van der Waals surface area contributed by atoms with Crippen LogP contribution in [0.25, 0.3) is 0 Å². The van der Waals surface area contributed by atoms with Gasteiger partial charge < -0.3 is 19.9 Å². The first-order valence-electron chi connectivity index (χ1n) is 8.28. The zero-order valence-corrected chi connectivity index (χ0v) is 14.9. The van der Waals surface area contributed by atoms with Crippen LogP contribution in [0, 0.1) is 0 Å². The zero-order valence-electron chi connectivity index (χ0n) is 14.9. The van der Waals surface area contributed by atoms with Crippen LogP contribution < -0.4 is 5.32 Å². The lowest BCUT2D eigenvalue weighted by atomic mass is 10.2. The van der Waals surface area contributed by atoms with Gasteiger partial charge in [0.1, 0.15) is 6.10 Å². The average molecular weight is 337 g/mol. The predicted octanol–water partition coefficient (Wildman–Crippen LogP) is 0.812. The Labute approximate surface area is 142 Å². The van der Waals surface area contributed by atoms with Crippen molar-refractivity contribution in [1.82, 2.24) is 24.9 Å². The lowest BCUT2D eigenvalue weighted by Gasteiger charge is -2.23. The van der Waals surface area contributed by atoms with Crippen molar-refractivity contribution in [3.05, 3.63) is 17.5 Å². The summed E-state index contributed by atoms with van der Waals surface area (Å²) in [7, 11) is 5.04. The Hall–Kier alpha value is -2.09. The summed E-state index contributed by atoms with van der Waals surface area (Å²) in [6, 6.07) is 1.96. The van der Waals surface area contributed by atoms with Crippen LogP contribution in [0.15, 0.2) is 6.07 Å². The molecule has 0 saturated heterocycles. The van der Waals surface area contributed by atoms with Gasteiger partial charge in [0.2, 0.25) is 5.91 Å². The first kappa shape index (κ1) is 18.3. The number of carbonyl (C=O) groups is 2. The summed E-state index contributed by atoms with van der Waals surface area (Å²) in [4.78, 5) is 27.5. The van der Waals surface area contributed by atoms with E-state index in [4.69, 9.17) is 4.74 Å². The molecule has 1 aromatic heterocycles. The van der Waals surface area contributed by atoms with Crippen molar-refractivity contribution >= 4 is 11.9 Å². The van der Waals surface area contributed by atoms with E-state index >= 15 is 0 Å². The molecule has 1 aliphatic rings. The Morgan fingerprint density at radius 1 is 1.42 bits per heavy atom. The molecule has 0 saturated carbocycles. The van der Waals surface area contributed by atoms with Crippen LogP contribution >= 0.6 is 0 Å². The monoisotopic (exact) mass is 337 g/mol. The van der Waals surface area contributed by atoms with Crippen molar-refractivity contribution in [2.24, 2.45) is 0 Å². The SMILES string of the molecule is CC[C@H](OC)C(=O)NCc1cc2n(n1)CCCN(C(=O)N(C)C)C2. The number of nitrogens with one attached hydrogen (secondary N) is 1. The molecule has 2 rings (SSSR count). The number of hydrogen-bond acceptors (Lipinski definition) is 4. The lowest BCUT2D eigenvalue weighted by Crippen LogP contribution is -2.38. The number of aryl methyl sites for hydroxylation is 1. The minimum Gasteiger partial charge on any atom is -0.372 e. The minimum absolute atomic E-state index is 0.00499. The predicted molar refractivity (Wildman–Crippen MR) is 89.3 cm³/mol. The highest BCUT2D eigenvalue weighted by molar-refractivity contribution is 5.80. The molecule has 0 aliphatic carbocycles. The maximum atomic E-state index is 12.2. The average Bonchev–Trinajstić information content (AvgIpc) is 2.83. The van der Waals surface area contributed by atoms with E-state index in [9.17, 15) is 9.59 Å². The Morgan fingerprint density at radius 2 is 2.17 bits per heavy atom. The maximum Gasteiger partial charge on any atom is 0.319 e. The van der Waals surface area contributed by atoms with Gasteiger partial charge in [-0.15, -0.1) is 0 Å². The molecule has 8 heteroatoms. The van der Waals surface area contributed by atoms with Crippen LogP contribution in [-0.2, 0) is 29.2 Å². The van der Waals surface area contributed by atoms with Gasteiger partial charge in [0.25, 0.3) is 0 Å². The summed E-state index contributed by atoms with van der Waals surface area (Å²) in [5.74, 6) is -0.132. The molecule has 1 N–H and O–H groups in total. The second kappa shape index (κ2) is 8.14. The standard InChI is InChI=1S/C16H27N5O3/c1-5-14(24-4)15(22)17-10-12-9-13-11-20(16(23)19(2)3)7-6-8-21(13)18-12/h9,14H,5-8,10-11H2,1-4H3,(H,17,22)/t14-/m0/s1. The zero-order chi connectivity index (χ0) is 17.7. The summed E-state index contributed by atoms with van der Waals surface area (Å²) in [6.07, 6.45) is 1.06. The van der Waals surface area contributed by atoms with E-state index in [1.807, 2.05) is 22.6 Å². The molecule has 0 fully saturated rings. The molecule has 1 aromatic rings. The Bertz CT molecular complexity index is 580. The van der Waals surface area contributed by atoms with Gasteiger partial charge in [-0.05, 0) is 18.9 Å². The molecule has 2 heterocycles. The summed E-state index contributed by atoms with van der Waals surface area (Å²) in [6.45, 7) is 4.30. The van der Waals surface area contributed by atoms with Gasteiger partial charge in [-0.2, -0.15) is 5.10 Å². The molecule has 1 aliphatic heterocycles. The lowest BCUT2D eigenvalue weighted by molar-refractivity contribution is -0.131. The molecule has 134 valence electrons. The molecule has 1 atom stereocenters. The molecule has 8 nitrogen and oxygen atoms in total. The van der Waals surface area contributed by atoms with E-state index in [2.05, 4.69) is 10.4 Å².